The summed E-state index contributed by atoms with van der Waals surface area (Å²) >= 11 is 0. The topological polar surface area (TPSA) is 96.5 Å². The van der Waals surface area contributed by atoms with Crippen molar-refractivity contribution in [2.75, 3.05) is 30.4 Å². The zero-order valence-electron chi connectivity index (χ0n) is 15.5. The summed E-state index contributed by atoms with van der Waals surface area (Å²) in [5, 5.41) is 2.92. The van der Waals surface area contributed by atoms with Crippen molar-refractivity contribution in [3.63, 3.8) is 0 Å². The lowest BCUT2D eigenvalue weighted by Gasteiger charge is -2.26. The van der Waals surface area contributed by atoms with Crippen LogP contribution in [0.1, 0.15) is 12.8 Å². The minimum absolute atomic E-state index is 0.0889. The number of anilines is 2. The van der Waals surface area contributed by atoms with Gasteiger partial charge in [0.15, 0.2) is 0 Å². The van der Waals surface area contributed by atoms with E-state index in [9.17, 15) is 21.6 Å². The molecule has 1 fully saturated rings. The van der Waals surface area contributed by atoms with Gasteiger partial charge in [0.2, 0.25) is 10.0 Å². The van der Waals surface area contributed by atoms with Crippen molar-refractivity contribution in [3.05, 3.63) is 36.7 Å². The van der Waals surface area contributed by atoms with Crippen molar-refractivity contribution in [3.8, 4) is 5.75 Å². The van der Waals surface area contributed by atoms with E-state index in [0.29, 0.717) is 18.2 Å². The molecule has 8 nitrogen and oxygen atoms in total. The largest absolute Gasteiger partial charge is 0.573 e. The molecule has 2 N–H and O–H groups in total. The zero-order chi connectivity index (χ0) is 21.1. The molecule has 1 saturated heterocycles. The Bertz CT molecular complexity index is 955. The van der Waals surface area contributed by atoms with Crippen molar-refractivity contribution in [2.45, 2.75) is 30.1 Å². The summed E-state index contributed by atoms with van der Waals surface area (Å²) in [6, 6.07) is 5.91. The fourth-order valence-corrected chi connectivity index (χ4v) is 4.23. The number of alkyl halides is 3. The minimum atomic E-state index is -4.90. The molecule has 2 heterocycles. The van der Waals surface area contributed by atoms with Crippen LogP contribution in [0.25, 0.3) is 0 Å². The molecule has 1 atom stereocenters. The third-order valence-electron chi connectivity index (χ3n) is 4.44. The van der Waals surface area contributed by atoms with Gasteiger partial charge in [0.25, 0.3) is 0 Å². The summed E-state index contributed by atoms with van der Waals surface area (Å²) in [7, 11) is -2.28. The maximum Gasteiger partial charge on any atom is 0.573 e. The Labute approximate surface area is 166 Å². The molecule has 12 heteroatoms. The number of aromatic nitrogens is 2. The van der Waals surface area contributed by atoms with Gasteiger partial charge in [-0.3, -0.25) is 0 Å². The van der Waals surface area contributed by atoms with Crippen molar-refractivity contribution in [2.24, 2.45) is 0 Å². The lowest BCUT2D eigenvalue weighted by molar-refractivity contribution is -0.274. The van der Waals surface area contributed by atoms with Gasteiger partial charge in [-0.15, -0.1) is 13.2 Å². The van der Waals surface area contributed by atoms with Crippen LogP contribution < -0.4 is 19.7 Å². The second-order valence-electron chi connectivity index (χ2n) is 6.38. The standard InChI is InChI=1S/C17H20F3N5O3S/c1-21-15-9-16(23-11-22-15)25-7-3-4-12(25)10-24-29(26,27)14-6-2-5-13(8-14)28-17(18,19)20/h2,5-6,8-9,11-12,24H,3-4,7,10H2,1H3,(H,21,22,23). The third kappa shape index (κ3) is 5.48. The van der Waals surface area contributed by atoms with Crippen LogP contribution in [0.2, 0.25) is 0 Å². The molecule has 1 aliphatic heterocycles. The Balaban J connectivity index is 1.70. The van der Waals surface area contributed by atoms with E-state index in [1.807, 2.05) is 4.90 Å². The van der Waals surface area contributed by atoms with Gasteiger partial charge in [-0.25, -0.2) is 23.1 Å². The Morgan fingerprint density at radius 3 is 2.79 bits per heavy atom. The first kappa shape index (κ1) is 21.1. The number of nitrogens with one attached hydrogen (secondary N) is 2. The van der Waals surface area contributed by atoms with Crippen LogP contribution in [-0.2, 0) is 10.0 Å². The average molecular weight is 431 g/mol. The number of hydrogen-bond donors (Lipinski definition) is 2. The van der Waals surface area contributed by atoms with E-state index in [4.69, 9.17) is 0 Å². The second-order valence-corrected chi connectivity index (χ2v) is 8.14. The second kappa shape index (κ2) is 8.41. The van der Waals surface area contributed by atoms with Crippen molar-refractivity contribution < 1.29 is 26.3 Å². The molecule has 158 valence electrons. The normalized spacial score (nSPS) is 17.4. The van der Waals surface area contributed by atoms with Gasteiger partial charge < -0.3 is 15.0 Å². The number of nitrogens with zero attached hydrogens (tertiary/aromatic N) is 3. The predicted octanol–water partition coefficient (Wildman–Crippen LogP) is 2.36. The van der Waals surface area contributed by atoms with Crippen molar-refractivity contribution >= 4 is 21.7 Å². The maximum atomic E-state index is 12.5. The van der Waals surface area contributed by atoms with E-state index >= 15 is 0 Å². The van der Waals surface area contributed by atoms with Gasteiger partial charge in [0.05, 0.1) is 4.90 Å². The lowest BCUT2D eigenvalue weighted by atomic mass is 10.2. The molecule has 2 aromatic rings. The summed E-state index contributed by atoms with van der Waals surface area (Å²) in [6.45, 7) is 0.799. The van der Waals surface area contributed by atoms with E-state index in [-0.39, 0.29) is 17.5 Å². The van der Waals surface area contributed by atoms with Crippen LogP contribution in [0, 0.1) is 0 Å². The van der Waals surface area contributed by atoms with Gasteiger partial charge in [-0.05, 0) is 25.0 Å². The number of rotatable bonds is 7. The summed E-state index contributed by atoms with van der Waals surface area (Å²) in [5.41, 5.74) is 0. The van der Waals surface area contributed by atoms with Crippen LogP contribution in [0.5, 0.6) is 5.75 Å². The van der Waals surface area contributed by atoms with E-state index in [1.54, 1.807) is 13.1 Å². The number of benzene rings is 1. The Morgan fingerprint density at radius 2 is 2.07 bits per heavy atom. The molecule has 0 saturated carbocycles. The quantitative estimate of drug-likeness (QED) is 0.695. The van der Waals surface area contributed by atoms with Crippen LogP contribution in [-0.4, -0.2) is 50.9 Å². The molecule has 1 unspecified atom stereocenters. The highest BCUT2D eigenvalue weighted by Gasteiger charge is 2.32. The van der Waals surface area contributed by atoms with Crippen LogP contribution in [0.3, 0.4) is 0 Å². The Kier molecular flexibility index (Phi) is 6.13. The van der Waals surface area contributed by atoms with Gasteiger partial charge in [0, 0.05) is 38.3 Å². The van der Waals surface area contributed by atoms with Gasteiger partial charge in [-0.2, -0.15) is 0 Å². The fraction of sp³-hybridized carbons (Fsp3) is 0.412. The molecule has 0 radical (unpaired) electrons. The summed E-state index contributed by atoms with van der Waals surface area (Å²) < 4.78 is 68.5. The number of hydrogen-bond acceptors (Lipinski definition) is 7. The molecule has 29 heavy (non-hydrogen) atoms. The van der Waals surface area contributed by atoms with Crippen LogP contribution >= 0.6 is 0 Å². The van der Waals surface area contributed by atoms with Gasteiger partial charge in [-0.1, -0.05) is 6.07 Å². The fourth-order valence-electron chi connectivity index (χ4n) is 3.12. The first-order valence-corrected chi connectivity index (χ1v) is 10.3. The van der Waals surface area contributed by atoms with Crippen molar-refractivity contribution in [1.29, 1.82) is 0 Å². The highest BCUT2D eigenvalue weighted by Crippen LogP contribution is 2.26. The summed E-state index contributed by atoms with van der Waals surface area (Å²) in [6.07, 6.45) is -1.87. The molecule has 1 aliphatic rings. The van der Waals surface area contributed by atoms with Gasteiger partial charge >= 0.3 is 6.36 Å². The Hall–Kier alpha value is -2.60. The van der Waals surface area contributed by atoms with E-state index in [1.165, 1.54) is 18.5 Å². The van der Waals surface area contributed by atoms with E-state index in [0.717, 1.165) is 25.0 Å². The molecule has 1 aromatic heterocycles. The maximum absolute atomic E-state index is 12.5. The zero-order valence-corrected chi connectivity index (χ0v) is 16.3. The van der Waals surface area contributed by atoms with E-state index < -0.39 is 22.1 Å². The lowest BCUT2D eigenvalue weighted by Crippen LogP contribution is -2.40. The summed E-state index contributed by atoms with van der Waals surface area (Å²) in [4.78, 5) is 9.98. The molecule has 0 amide bonds. The molecule has 0 spiro atoms. The number of sulfonamides is 1. The minimum Gasteiger partial charge on any atom is -0.406 e. The first-order chi connectivity index (χ1) is 13.7. The Morgan fingerprint density at radius 1 is 1.28 bits per heavy atom. The molecule has 1 aromatic carbocycles. The predicted molar refractivity (Wildman–Crippen MR) is 100 cm³/mol. The summed E-state index contributed by atoms with van der Waals surface area (Å²) in [5.74, 6) is 0.720. The molecule has 0 bridgehead atoms. The molecule has 0 aliphatic carbocycles. The number of ether oxygens (including phenoxy) is 1. The monoisotopic (exact) mass is 431 g/mol. The molecular weight excluding hydrogens is 411 g/mol. The molecule has 3 rings (SSSR count). The van der Waals surface area contributed by atoms with Gasteiger partial charge in [0.1, 0.15) is 23.7 Å². The first-order valence-electron chi connectivity index (χ1n) is 8.80. The number of halogens is 3. The van der Waals surface area contributed by atoms with Crippen molar-refractivity contribution in [1.82, 2.24) is 14.7 Å². The van der Waals surface area contributed by atoms with Crippen LogP contribution in [0.4, 0.5) is 24.8 Å². The van der Waals surface area contributed by atoms with Crippen LogP contribution in [0.15, 0.2) is 41.6 Å². The van der Waals surface area contributed by atoms with E-state index in [2.05, 4.69) is 24.7 Å². The SMILES string of the molecule is CNc1cc(N2CCCC2CNS(=O)(=O)c2cccc(OC(F)(F)F)c2)ncn1. The smallest absolute Gasteiger partial charge is 0.406 e. The average Bonchev–Trinajstić information content (AvgIpc) is 3.14. The third-order valence-corrected chi connectivity index (χ3v) is 5.86. The highest BCUT2D eigenvalue weighted by atomic mass is 32.2. The highest BCUT2D eigenvalue weighted by molar-refractivity contribution is 7.89. The molecular formula is C17H20F3N5O3S.